The maximum Gasteiger partial charge on any atom is 0.238 e. The topological polar surface area (TPSA) is 44.4 Å². The highest BCUT2D eigenvalue weighted by molar-refractivity contribution is 6.31. The van der Waals surface area contributed by atoms with E-state index >= 15 is 0 Å². The highest BCUT2D eigenvalue weighted by Crippen LogP contribution is 2.28. The molecule has 1 aliphatic rings. The molecular formula is C20H24ClN3O. The Morgan fingerprint density at radius 2 is 2.08 bits per heavy atom. The molecule has 1 atom stereocenters. The summed E-state index contributed by atoms with van der Waals surface area (Å²) in [6.07, 6.45) is 0. The molecule has 1 saturated heterocycles. The van der Waals surface area contributed by atoms with E-state index in [1.165, 1.54) is 0 Å². The molecule has 0 saturated carbocycles. The SMILES string of the molecule is Cc1ccc(C)c(NC(=O)CN2CCNCC2c2ccccc2Cl)c1. The van der Waals surface area contributed by atoms with E-state index in [0.717, 1.165) is 47.0 Å². The van der Waals surface area contributed by atoms with Gasteiger partial charge in [0.05, 0.1) is 6.54 Å². The highest BCUT2D eigenvalue weighted by Gasteiger charge is 2.27. The van der Waals surface area contributed by atoms with Crippen molar-refractivity contribution in [3.63, 3.8) is 0 Å². The Labute approximate surface area is 154 Å². The maximum absolute atomic E-state index is 12.6. The molecule has 1 aliphatic heterocycles. The molecular weight excluding hydrogens is 334 g/mol. The zero-order valence-corrected chi connectivity index (χ0v) is 15.4. The van der Waals surface area contributed by atoms with Crippen molar-refractivity contribution in [3.05, 3.63) is 64.2 Å². The van der Waals surface area contributed by atoms with Gasteiger partial charge in [0.2, 0.25) is 5.91 Å². The number of carbonyl (C=O) groups is 1. The molecule has 2 aromatic carbocycles. The van der Waals surface area contributed by atoms with E-state index in [1.54, 1.807) is 0 Å². The number of carbonyl (C=O) groups excluding carboxylic acids is 1. The Balaban J connectivity index is 1.72. The third-order valence-electron chi connectivity index (χ3n) is 4.63. The Morgan fingerprint density at radius 3 is 2.88 bits per heavy atom. The minimum atomic E-state index is 0.00709. The maximum atomic E-state index is 12.6. The van der Waals surface area contributed by atoms with Crippen LogP contribution in [0.25, 0.3) is 0 Å². The lowest BCUT2D eigenvalue weighted by molar-refractivity contribution is -0.118. The van der Waals surface area contributed by atoms with Gasteiger partial charge in [-0.2, -0.15) is 0 Å². The Kier molecular flexibility index (Phi) is 5.74. The number of anilines is 1. The highest BCUT2D eigenvalue weighted by atomic mass is 35.5. The van der Waals surface area contributed by atoms with E-state index in [1.807, 2.05) is 50.2 Å². The standard InChI is InChI=1S/C20H24ClN3O/c1-14-7-8-15(2)18(11-14)23-20(25)13-24-10-9-22-12-19(24)16-5-3-4-6-17(16)21/h3-8,11,19,22H,9-10,12-13H2,1-2H3,(H,23,25). The van der Waals surface area contributed by atoms with Crippen molar-refractivity contribution in [2.75, 3.05) is 31.5 Å². The van der Waals surface area contributed by atoms with Crippen molar-refractivity contribution in [2.24, 2.45) is 0 Å². The molecule has 25 heavy (non-hydrogen) atoms. The fraction of sp³-hybridized carbons (Fsp3) is 0.350. The van der Waals surface area contributed by atoms with Gasteiger partial charge < -0.3 is 10.6 Å². The van der Waals surface area contributed by atoms with Crippen LogP contribution >= 0.6 is 11.6 Å². The van der Waals surface area contributed by atoms with E-state index in [9.17, 15) is 4.79 Å². The summed E-state index contributed by atoms with van der Waals surface area (Å²) < 4.78 is 0. The van der Waals surface area contributed by atoms with Gasteiger partial charge in [-0.05, 0) is 42.7 Å². The minimum Gasteiger partial charge on any atom is -0.325 e. The predicted octanol–water partition coefficient (Wildman–Crippen LogP) is 3.54. The van der Waals surface area contributed by atoms with Crippen LogP contribution in [0.4, 0.5) is 5.69 Å². The number of halogens is 1. The summed E-state index contributed by atoms with van der Waals surface area (Å²) in [4.78, 5) is 14.8. The van der Waals surface area contributed by atoms with E-state index in [-0.39, 0.29) is 11.9 Å². The number of benzene rings is 2. The van der Waals surface area contributed by atoms with Gasteiger partial charge >= 0.3 is 0 Å². The van der Waals surface area contributed by atoms with Crippen molar-refractivity contribution in [1.82, 2.24) is 10.2 Å². The Morgan fingerprint density at radius 1 is 1.28 bits per heavy atom. The van der Waals surface area contributed by atoms with Crippen molar-refractivity contribution >= 4 is 23.2 Å². The quantitative estimate of drug-likeness (QED) is 0.879. The smallest absolute Gasteiger partial charge is 0.238 e. The first kappa shape index (κ1) is 17.9. The molecule has 0 aromatic heterocycles. The van der Waals surface area contributed by atoms with Gasteiger partial charge in [0.25, 0.3) is 0 Å². The lowest BCUT2D eigenvalue weighted by atomic mass is 10.0. The normalized spacial score (nSPS) is 18.1. The average molecular weight is 358 g/mol. The van der Waals surface area contributed by atoms with E-state index in [0.29, 0.717) is 6.54 Å². The summed E-state index contributed by atoms with van der Waals surface area (Å²) in [7, 11) is 0. The summed E-state index contributed by atoms with van der Waals surface area (Å²) in [6.45, 7) is 6.87. The molecule has 1 unspecified atom stereocenters. The van der Waals surface area contributed by atoms with Gasteiger partial charge in [-0.3, -0.25) is 9.69 Å². The number of aryl methyl sites for hydroxylation is 2. The molecule has 132 valence electrons. The first-order valence-corrected chi connectivity index (χ1v) is 8.98. The van der Waals surface area contributed by atoms with Crippen LogP contribution in [0.15, 0.2) is 42.5 Å². The summed E-state index contributed by atoms with van der Waals surface area (Å²) in [5.74, 6) is 0.00709. The van der Waals surface area contributed by atoms with Gasteiger partial charge in [0, 0.05) is 36.4 Å². The molecule has 1 heterocycles. The molecule has 0 aliphatic carbocycles. The van der Waals surface area contributed by atoms with Crippen LogP contribution in [0, 0.1) is 13.8 Å². The molecule has 5 heteroatoms. The summed E-state index contributed by atoms with van der Waals surface area (Å²) in [5, 5.41) is 7.20. The van der Waals surface area contributed by atoms with Crippen LogP contribution in [-0.2, 0) is 4.79 Å². The average Bonchev–Trinajstić information content (AvgIpc) is 2.59. The van der Waals surface area contributed by atoms with Gasteiger partial charge in [0.1, 0.15) is 0 Å². The number of nitrogens with zero attached hydrogens (tertiary/aromatic N) is 1. The number of hydrogen-bond donors (Lipinski definition) is 2. The lowest BCUT2D eigenvalue weighted by Gasteiger charge is -2.36. The van der Waals surface area contributed by atoms with Crippen molar-refractivity contribution in [1.29, 1.82) is 0 Å². The van der Waals surface area contributed by atoms with Crippen LogP contribution < -0.4 is 10.6 Å². The minimum absolute atomic E-state index is 0.00709. The fourth-order valence-electron chi connectivity index (χ4n) is 3.23. The first-order valence-electron chi connectivity index (χ1n) is 8.61. The van der Waals surface area contributed by atoms with Gasteiger partial charge in [-0.25, -0.2) is 0 Å². The van der Waals surface area contributed by atoms with E-state index in [2.05, 4.69) is 21.6 Å². The molecule has 0 spiro atoms. The molecule has 2 aromatic rings. The zero-order chi connectivity index (χ0) is 17.8. The zero-order valence-electron chi connectivity index (χ0n) is 14.7. The van der Waals surface area contributed by atoms with Gasteiger partial charge in [0.15, 0.2) is 0 Å². The Hall–Kier alpha value is -1.88. The van der Waals surface area contributed by atoms with E-state index in [4.69, 9.17) is 11.6 Å². The molecule has 4 nitrogen and oxygen atoms in total. The molecule has 2 N–H and O–H groups in total. The van der Waals surface area contributed by atoms with Crippen LogP contribution in [0.1, 0.15) is 22.7 Å². The molecule has 1 fully saturated rings. The third-order valence-corrected chi connectivity index (χ3v) is 4.98. The van der Waals surface area contributed by atoms with Gasteiger partial charge in [-0.1, -0.05) is 41.9 Å². The molecule has 1 amide bonds. The Bertz CT molecular complexity index is 762. The molecule has 3 rings (SSSR count). The molecule has 0 bridgehead atoms. The number of nitrogens with one attached hydrogen (secondary N) is 2. The second-order valence-electron chi connectivity index (χ2n) is 6.58. The third kappa shape index (κ3) is 4.40. The predicted molar refractivity (Wildman–Crippen MR) is 103 cm³/mol. The fourth-order valence-corrected chi connectivity index (χ4v) is 3.49. The van der Waals surface area contributed by atoms with Crippen LogP contribution in [0.2, 0.25) is 5.02 Å². The van der Waals surface area contributed by atoms with Crippen molar-refractivity contribution in [2.45, 2.75) is 19.9 Å². The van der Waals surface area contributed by atoms with Crippen molar-refractivity contribution in [3.8, 4) is 0 Å². The molecule has 0 radical (unpaired) electrons. The second kappa shape index (κ2) is 8.00. The number of hydrogen-bond acceptors (Lipinski definition) is 3. The first-order chi connectivity index (χ1) is 12.0. The number of amides is 1. The number of piperazine rings is 1. The van der Waals surface area contributed by atoms with Crippen LogP contribution in [-0.4, -0.2) is 37.0 Å². The van der Waals surface area contributed by atoms with E-state index < -0.39 is 0 Å². The van der Waals surface area contributed by atoms with Crippen molar-refractivity contribution < 1.29 is 4.79 Å². The van der Waals surface area contributed by atoms with Crippen LogP contribution in [0.3, 0.4) is 0 Å². The van der Waals surface area contributed by atoms with Crippen LogP contribution in [0.5, 0.6) is 0 Å². The lowest BCUT2D eigenvalue weighted by Crippen LogP contribution is -2.48. The largest absolute Gasteiger partial charge is 0.325 e. The second-order valence-corrected chi connectivity index (χ2v) is 6.99. The summed E-state index contributed by atoms with van der Waals surface area (Å²) in [6, 6.07) is 14.1. The number of rotatable bonds is 4. The summed E-state index contributed by atoms with van der Waals surface area (Å²) >= 11 is 6.37. The van der Waals surface area contributed by atoms with Gasteiger partial charge in [-0.15, -0.1) is 0 Å². The monoisotopic (exact) mass is 357 g/mol. The summed E-state index contributed by atoms with van der Waals surface area (Å²) in [5.41, 5.74) is 4.16.